The standard InChI is InChI=1S/C59H77N9O9S2/c1-34(2)48-52(71)60-37(6)36(5)59(76)77-47(31-41-25-18-13-19-26-41)57(74)67(10)49(35(3)4)58(75)68-28-20-27-44(68)56(73)66(9)46(30-40-23-16-12-17-24-40)54-62-42(32-79-54)50(69)61-38(7)53-63-43(33-78-53)55(72)65(8)45(51(70)64-48)29-39-21-14-11-15-22-39/h11-19,21-26,34-38,42-49H,20,27-33H2,1-10H3,(H,60,71)(H,61,69)(H,64,70)/t36-,37-,38-,42+,43-,44+,45-,46-,47+,48+,49+/m1/s1. The van der Waals surface area contributed by atoms with Crippen molar-refractivity contribution >= 4 is 80.9 Å². The number of cyclic esters (lactones) is 1. The molecule has 0 spiro atoms. The van der Waals surface area contributed by atoms with Gasteiger partial charge in [0.1, 0.15) is 36.3 Å². The summed E-state index contributed by atoms with van der Waals surface area (Å²) in [7, 11) is 4.76. The van der Waals surface area contributed by atoms with Crippen molar-refractivity contribution in [3.8, 4) is 0 Å². The highest BCUT2D eigenvalue weighted by atomic mass is 32.2. The fraction of sp³-hybridized carbons (Fsp3) is 0.525. The third-order valence-electron chi connectivity index (χ3n) is 15.4. The first-order valence-corrected chi connectivity index (χ1v) is 29.4. The summed E-state index contributed by atoms with van der Waals surface area (Å²) in [5, 5.41) is 10.0. The lowest BCUT2D eigenvalue weighted by Crippen LogP contribution is -2.59. The van der Waals surface area contributed by atoms with E-state index >= 15 is 4.79 Å². The number of carbonyl (C=O) groups is 8. The van der Waals surface area contributed by atoms with Gasteiger partial charge in [0.25, 0.3) is 5.91 Å². The van der Waals surface area contributed by atoms with Crippen molar-refractivity contribution in [3.63, 3.8) is 0 Å². The Labute approximate surface area is 473 Å². The lowest BCUT2D eigenvalue weighted by molar-refractivity contribution is -0.166. The SMILES string of the molecule is CC(C)[C@@H]1NC(=O)[C@@H](Cc2ccccc2)N(C)C(=O)[C@H]2CSC(=N2)[C@@H](C)NC(=O)[C@@H]2CSC(=N2)[C@@H](Cc2ccccc2)N(C)C(=O)[C@@H]2CCCN2C(=O)[C@H](C(C)C)N(C)C(=O)[C@H](Cc2ccccc2)OC(=O)[C@H](C)[C@@H](C)NC1=O. The van der Waals surface area contributed by atoms with Crippen molar-refractivity contribution in [2.75, 3.05) is 39.2 Å². The van der Waals surface area contributed by atoms with Crippen LogP contribution < -0.4 is 16.0 Å². The van der Waals surface area contributed by atoms with Crippen LogP contribution in [-0.2, 0) is 62.4 Å². The van der Waals surface area contributed by atoms with Gasteiger partial charge in [0, 0.05) is 58.1 Å². The fourth-order valence-corrected chi connectivity index (χ4v) is 12.7. The van der Waals surface area contributed by atoms with Gasteiger partial charge in [0.15, 0.2) is 6.10 Å². The number of amides is 7. The van der Waals surface area contributed by atoms with Crippen molar-refractivity contribution in [1.29, 1.82) is 0 Å². The molecular weight excluding hydrogens is 1040 g/mol. The molecular formula is C59H77N9O9S2. The first-order valence-electron chi connectivity index (χ1n) is 27.4. The van der Waals surface area contributed by atoms with Gasteiger partial charge in [-0.25, -0.2) is 0 Å². The molecule has 18 nitrogen and oxygen atoms in total. The minimum atomic E-state index is -1.38. The number of thioether (sulfide) groups is 2. The van der Waals surface area contributed by atoms with Gasteiger partial charge >= 0.3 is 5.97 Å². The number of benzene rings is 3. The minimum absolute atomic E-state index is 0.0142. The van der Waals surface area contributed by atoms with E-state index in [9.17, 15) is 33.6 Å². The van der Waals surface area contributed by atoms with Crippen molar-refractivity contribution in [1.82, 2.24) is 35.6 Å². The number of carbonyl (C=O) groups excluding carboxylic acids is 8. The molecule has 0 radical (unpaired) electrons. The highest BCUT2D eigenvalue weighted by Crippen LogP contribution is 2.30. The average molecular weight is 1120 g/mol. The third kappa shape index (κ3) is 14.6. The maximum atomic E-state index is 15.0. The zero-order valence-corrected chi connectivity index (χ0v) is 48.6. The number of aliphatic imine (C=N–C) groups is 2. The smallest absolute Gasteiger partial charge is 0.311 e. The molecule has 0 aromatic heterocycles. The second kappa shape index (κ2) is 27.1. The number of ether oxygens (including phenoxy) is 1. The lowest BCUT2D eigenvalue weighted by Gasteiger charge is -2.38. The Kier molecular flexibility index (Phi) is 20.6. The quantitative estimate of drug-likeness (QED) is 0.265. The molecule has 3 aromatic rings. The second-order valence-electron chi connectivity index (χ2n) is 21.9. The molecule has 20 heteroatoms. The predicted molar refractivity (Wildman–Crippen MR) is 308 cm³/mol. The Morgan fingerprint density at radius 1 is 0.570 bits per heavy atom. The van der Waals surface area contributed by atoms with E-state index in [1.165, 1.54) is 40.4 Å². The zero-order valence-electron chi connectivity index (χ0n) is 47.0. The van der Waals surface area contributed by atoms with E-state index in [4.69, 9.17) is 14.7 Å². The van der Waals surface area contributed by atoms with Gasteiger partial charge in [-0.15, -0.1) is 23.5 Å². The molecule has 79 heavy (non-hydrogen) atoms. The normalized spacial score (nSPS) is 28.7. The van der Waals surface area contributed by atoms with E-state index in [-0.39, 0.29) is 37.0 Å². The fourth-order valence-electron chi connectivity index (χ4n) is 10.5. The molecule has 3 aromatic carbocycles. The van der Waals surface area contributed by atoms with Crippen LogP contribution in [0.5, 0.6) is 0 Å². The van der Waals surface area contributed by atoms with Gasteiger partial charge in [0.05, 0.1) is 28.1 Å². The summed E-state index contributed by atoms with van der Waals surface area (Å²) < 4.78 is 6.12. The lowest BCUT2D eigenvalue weighted by atomic mass is 9.98. The van der Waals surface area contributed by atoms with Crippen molar-refractivity contribution in [2.45, 2.75) is 141 Å². The molecule has 1 fully saturated rings. The first kappa shape index (κ1) is 60.1. The molecule has 4 aliphatic heterocycles. The van der Waals surface area contributed by atoms with Crippen LogP contribution in [0.1, 0.15) is 78.0 Å². The molecule has 4 aliphatic rings. The van der Waals surface area contributed by atoms with Crippen LogP contribution in [0.25, 0.3) is 0 Å². The van der Waals surface area contributed by atoms with E-state index in [0.717, 1.165) is 11.1 Å². The van der Waals surface area contributed by atoms with Crippen LogP contribution in [0.15, 0.2) is 101 Å². The Morgan fingerprint density at radius 2 is 1.10 bits per heavy atom. The van der Waals surface area contributed by atoms with E-state index in [1.807, 2.05) is 105 Å². The first-order chi connectivity index (χ1) is 37.6. The highest BCUT2D eigenvalue weighted by Gasteiger charge is 2.45. The summed E-state index contributed by atoms with van der Waals surface area (Å²) in [6.45, 7) is 12.5. The summed E-state index contributed by atoms with van der Waals surface area (Å²) in [5.41, 5.74) is 2.43. The number of hydrogen-bond donors (Lipinski definition) is 3. The zero-order chi connectivity index (χ0) is 57.2. The van der Waals surface area contributed by atoms with Crippen molar-refractivity contribution < 1.29 is 43.1 Å². The topological polar surface area (TPSA) is 220 Å². The van der Waals surface area contributed by atoms with Crippen LogP contribution in [0, 0.1) is 17.8 Å². The Balaban J connectivity index is 1.24. The summed E-state index contributed by atoms with van der Waals surface area (Å²) >= 11 is 2.75. The number of likely N-dealkylation sites (N-methyl/N-ethyl adjacent to an activating group) is 3. The third-order valence-corrected chi connectivity index (χ3v) is 17.8. The predicted octanol–water partition coefficient (Wildman–Crippen LogP) is 4.58. The van der Waals surface area contributed by atoms with Gasteiger partial charge < -0.3 is 40.3 Å². The van der Waals surface area contributed by atoms with Crippen molar-refractivity contribution in [3.05, 3.63) is 108 Å². The molecule has 11 atom stereocenters. The van der Waals surface area contributed by atoms with E-state index in [2.05, 4.69) is 16.0 Å². The van der Waals surface area contributed by atoms with Crippen LogP contribution in [0.2, 0.25) is 0 Å². The summed E-state index contributed by atoms with van der Waals surface area (Å²) in [5.74, 6) is -5.26. The van der Waals surface area contributed by atoms with Gasteiger partial charge in [-0.2, -0.15) is 0 Å². The van der Waals surface area contributed by atoms with Crippen LogP contribution in [0.4, 0.5) is 0 Å². The highest BCUT2D eigenvalue weighted by molar-refractivity contribution is 8.14. The molecule has 1 saturated heterocycles. The molecule has 0 aliphatic carbocycles. The largest absolute Gasteiger partial charge is 0.452 e. The molecule has 424 valence electrons. The maximum Gasteiger partial charge on any atom is 0.311 e. The summed E-state index contributed by atoms with van der Waals surface area (Å²) in [4.78, 5) is 132. The number of hydrogen-bond acceptors (Lipinski definition) is 13. The Bertz CT molecular complexity index is 2750. The molecule has 7 amide bonds. The molecule has 0 unspecified atom stereocenters. The van der Waals surface area contributed by atoms with E-state index < -0.39 is 114 Å². The van der Waals surface area contributed by atoms with Gasteiger partial charge in [-0.3, -0.25) is 48.3 Å². The summed E-state index contributed by atoms with van der Waals surface area (Å²) in [6, 6.07) is 20.3. The van der Waals surface area contributed by atoms with Crippen molar-refractivity contribution in [2.24, 2.45) is 27.7 Å². The molecule has 4 heterocycles. The average Bonchev–Trinajstić information content (AvgIpc) is 4.28. The van der Waals surface area contributed by atoms with E-state index in [0.29, 0.717) is 40.7 Å². The van der Waals surface area contributed by atoms with Crippen LogP contribution in [0.3, 0.4) is 0 Å². The van der Waals surface area contributed by atoms with E-state index in [1.54, 1.807) is 58.5 Å². The maximum absolute atomic E-state index is 15.0. The molecule has 7 rings (SSSR count). The number of nitrogens with one attached hydrogen (secondary N) is 3. The molecule has 3 N–H and O–H groups in total. The van der Waals surface area contributed by atoms with Crippen LogP contribution >= 0.6 is 23.5 Å². The number of fused-ring (bicyclic) bond motifs is 3. The minimum Gasteiger partial charge on any atom is -0.452 e. The van der Waals surface area contributed by atoms with Crippen LogP contribution in [-0.4, -0.2) is 177 Å². The van der Waals surface area contributed by atoms with Gasteiger partial charge in [-0.1, -0.05) is 119 Å². The Morgan fingerprint density at radius 3 is 1.68 bits per heavy atom. The number of rotatable bonds is 8. The summed E-state index contributed by atoms with van der Waals surface area (Å²) in [6.07, 6.45) is 0.0630. The Hall–Kier alpha value is -6.54. The van der Waals surface area contributed by atoms with Gasteiger partial charge in [-0.05, 0) is 68.6 Å². The number of nitrogens with zero attached hydrogens (tertiary/aromatic N) is 6. The molecule has 0 saturated carbocycles. The second-order valence-corrected chi connectivity index (χ2v) is 24.0. The monoisotopic (exact) mass is 1120 g/mol. The molecule has 4 bridgehead atoms. The van der Waals surface area contributed by atoms with Gasteiger partial charge in [0.2, 0.25) is 35.4 Å². The number of esters is 1.